The van der Waals surface area contributed by atoms with Gasteiger partial charge >= 0.3 is 12.1 Å². The van der Waals surface area contributed by atoms with E-state index in [1.165, 1.54) is 0 Å². The number of hydrogen-bond donors (Lipinski definition) is 4. The van der Waals surface area contributed by atoms with Gasteiger partial charge in [-0.3, -0.25) is 14.9 Å². The zero-order valence-corrected chi connectivity index (χ0v) is 19.1. The Bertz CT molecular complexity index is 1070. The van der Waals surface area contributed by atoms with E-state index in [4.69, 9.17) is 14.3 Å². The van der Waals surface area contributed by atoms with Crippen LogP contribution < -0.4 is 16.0 Å². The summed E-state index contributed by atoms with van der Waals surface area (Å²) in [5, 5.41) is 16.2. The molecule has 34 heavy (non-hydrogen) atoms. The summed E-state index contributed by atoms with van der Waals surface area (Å²) in [6, 6.07) is 5.14. The summed E-state index contributed by atoms with van der Waals surface area (Å²) < 4.78 is 14.9. The second-order valence-corrected chi connectivity index (χ2v) is 7.91. The number of methoxy groups -OCH3 is 1. The highest BCUT2D eigenvalue weighted by molar-refractivity contribution is 6.02. The number of carbonyl (C=O) groups excluding carboxylic acids is 4. The van der Waals surface area contributed by atoms with Crippen molar-refractivity contribution in [3.05, 3.63) is 48.5 Å². The van der Waals surface area contributed by atoms with Gasteiger partial charge in [0.05, 0.1) is 19.4 Å². The number of anilines is 1. The van der Waals surface area contributed by atoms with Gasteiger partial charge in [-0.2, -0.15) is 0 Å². The Morgan fingerprint density at radius 3 is 2.38 bits per heavy atom. The lowest BCUT2D eigenvalue weighted by atomic mass is 10.2. The first-order valence-corrected chi connectivity index (χ1v) is 9.99. The van der Waals surface area contributed by atoms with Gasteiger partial charge in [-0.05, 0) is 45.0 Å². The first-order valence-electron chi connectivity index (χ1n) is 9.99. The normalized spacial score (nSPS) is 11.7. The molecule has 0 bridgehead atoms. The van der Waals surface area contributed by atoms with E-state index < -0.39 is 42.1 Å². The Balaban J connectivity index is 1.98. The maximum Gasteiger partial charge on any atom is 0.412 e. The van der Waals surface area contributed by atoms with Crippen LogP contribution in [-0.2, 0) is 19.1 Å². The first kappa shape index (κ1) is 26.1. The van der Waals surface area contributed by atoms with Crippen LogP contribution in [0.5, 0.6) is 0 Å². The molecule has 0 saturated carbocycles. The van der Waals surface area contributed by atoms with Gasteiger partial charge in [0.1, 0.15) is 11.9 Å². The summed E-state index contributed by atoms with van der Waals surface area (Å²) in [6.07, 6.45) is 0.490. The fourth-order valence-electron chi connectivity index (χ4n) is 2.45. The van der Waals surface area contributed by atoms with Crippen molar-refractivity contribution in [1.29, 1.82) is 0 Å². The maximum atomic E-state index is 12.4. The fourth-order valence-corrected chi connectivity index (χ4v) is 2.45. The third kappa shape index (κ3) is 7.45. The third-order valence-corrected chi connectivity index (χ3v) is 4.03. The minimum atomic E-state index is -1.31. The number of amides is 3. The summed E-state index contributed by atoms with van der Waals surface area (Å²) in [5.41, 5.74) is -0.138. The number of ether oxygens (including phenoxy) is 2. The van der Waals surface area contributed by atoms with E-state index in [1.807, 2.05) is 0 Å². The quantitative estimate of drug-likeness (QED) is 0.328. The van der Waals surface area contributed by atoms with Gasteiger partial charge in [-0.25, -0.2) is 14.6 Å². The molecule has 0 aliphatic heterocycles. The molecular formula is C22H26N4O8. The topological polar surface area (TPSA) is 169 Å². The van der Waals surface area contributed by atoms with Crippen LogP contribution in [0.4, 0.5) is 10.5 Å². The average molecular weight is 474 g/mol. The van der Waals surface area contributed by atoms with Gasteiger partial charge in [-0.15, -0.1) is 0 Å². The highest BCUT2D eigenvalue weighted by Gasteiger charge is 2.23. The van der Waals surface area contributed by atoms with Crippen LogP contribution in [0.3, 0.4) is 0 Å². The van der Waals surface area contributed by atoms with Crippen LogP contribution in [0.15, 0.2) is 47.2 Å². The minimum absolute atomic E-state index is 0.120. The molecule has 0 fully saturated rings. The van der Waals surface area contributed by atoms with Gasteiger partial charge in [0.2, 0.25) is 5.89 Å². The number of esters is 1. The van der Waals surface area contributed by atoms with Gasteiger partial charge in [-0.1, -0.05) is 6.58 Å². The van der Waals surface area contributed by atoms with Crippen molar-refractivity contribution >= 4 is 29.6 Å². The summed E-state index contributed by atoms with van der Waals surface area (Å²) in [6.45, 7) is 7.99. The van der Waals surface area contributed by atoms with Crippen LogP contribution >= 0.6 is 0 Å². The Hall–Kier alpha value is -4.19. The summed E-state index contributed by atoms with van der Waals surface area (Å²) in [5.74, 6) is -2.41. The van der Waals surface area contributed by atoms with E-state index in [2.05, 4.69) is 32.3 Å². The van der Waals surface area contributed by atoms with E-state index in [0.717, 1.165) is 13.4 Å². The molecule has 1 aromatic carbocycles. The molecule has 0 unspecified atom stereocenters. The largest absolute Gasteiger partial charge is 0.467 e. The Morgan fingerprint density at radius 2 is 1.82 bits per heavy atom. The van der Waals surface area contributed by atoms with Gasteiger partial charge < -0.3 is 29.6 Å². The highest BCUT2D eigenvalue weighted by atomic mass is 16.6. The standard InChI is InChI=1S/C22H26N4O8/c1-12(17(28)25-15(10-27)20(30)32-5)23-18(29)16-11-33-19(26-16)13-6-8-14(9-7-13)24-21(31)34-22(2,3)4/h6-9,11,15,27H,1,10H2,2-5H3,(H,23,29)(H,24,31)(H,25,28)/t15-/m0/s1. The second kappa shape index (κ2) is 11.1. The lowest BCUT2D eigenvalue weighted by Crippen LogP contribution is -2.46. The molecule has 2 rings (SSSR count). The predicted octanol–water partition coefficient (Wildman–Crippen LogP) is 1.58. The average Bonchev–Trinajstić information content (AvgIpc) is 3.26. The number of rotatable bonds is 8. The predicted molar refractivity (Wildman–Crippen MR) is 119 cm³/mol. The van der Waals surface area contributed by atoms with Crippen LogP contribution in [0.1, 0.15) is 31.3 Å². The van der Waals surface area contributed by atoms with Crippen LogP contribution in [0.2, 0.25) is 0 Å². The molecule has 4 N–H and O–H groups in total. The van der Waals surface area contributed by atoms with E-state index in [1.54, 1.807) is 45.0 Å². The van der Waals surface area contributed by atoms with Crippen LogP contribution in [0.25, 0.3) is 11.5 Å². The molecule has 1 aromatic heterocycles. The van der Waals surface area contributed by atoms with E-state index in [-0.39, 0.29) is 17.3 Å². The molecule has 182 valence electrons. The van der Waals surface area contributed by atoms with Crippen molar-refractivity contribution in [2.24, 2.45) is 0 Å². The smallest absolute Gasteiger partial charge is 0.412 e. The lowest BCUT2D eigenvalue weighted by Gasteiger charge is -2.19. The summed E-state index contributed by atoms with van der Waals surface area (Å²) in [4.78, 5) is 51.8. The molecule has 0 radical (unpaired) electrons. The summed E-state index contributed by atoms with van der Waals surface area (Å²) >= 11 is 0. The zero-order chi connectivity index (χ0) is 25.5. The Morgan fingerprint density at radius 1 is 1.18 bits per heavy atom. The number of carbonyl (C=O) groups is 4. The Labute approximate surface area is 195 Å². The monoisotopic (exact) mass is 474 g/mol. The zero-order valence-electron chi connectivity index (χ0n) is 19.1. The number of oxazole rings is 1. The molecule has 0 aliphatic rings. The lowest BCUT2D eigenvalue weighted by molar-refractivity contribution is -0.145. The number of aliphatic hydroxyl groups excluding tert-OH is 1. The molecule has 12 nitrogen and oxygen atoms in total. The number of nitrogens with zero attached hydrogens (tertiary/aromatic N) is 1. The molecule has 0 saturated heterocycles. The van der Waals surface area contributed by atoms with Crippen molar-refractivity contribution in [3.63, 3.8) is 0 Å². The SMILES string of the molecule is C=C(NC(=O)c1coc(-c2ccc(NC(=O)OC(C)(C)C)cc2)n1)C(=O)N[C@@H](CO)C(=O)OC. The van der Waals surface area contributed by atoms with E-state index in [0.29, 0.717) is 11.3 Å². The first-order chi connectivity index (χ1) is 15.9. The highest BCUT2D eigenvalue weighted by Crippen LogP contribution is 2.21. The third-order valence-electron chi connectivity index (χ3n) is 4.03. The molecule has 0 spiro atoms. The van der Waals surface area contributed by atoms with Crippen molar-refractivity contribution in [3.8, 4) is 11.5 Å². The number of nitrogens with one attached hydrogen (secondary N) is 3. The van der Waals surface area contributed by atoms with Gasteiger partial charge in [0.15, 0.2) is 11.7 Å². The Kier molecular flexibility index (Phi) is 8.51. The van der Waals surface area contributed by atoms with E-state index in [9.17, 15) is 19.2 Å². The molecule has 1 atom stereocenters. The van der Waals surface area contributed by atoms with E-state index >= 15 is 0 Å². The molecule has 3 amide bonds. The molecule has 2 aromatic rings. The van der Waals surface area contributed by atoms with Crippen molar-refractivity contribution in [1.82, 2.24) is 15.6 Å². The van der Waals surface area contributed by atoms with Crippen molar-refractivity contribution in [2.45, 2.75) is 32.4 Å². The van der Waals surface area contributed by atoms with Crippen molar-refractivity contribution in [2.75, 3.05) is 19.0 Å². The number of benzene rings is 1. The summed E-state index contributed by atoms with van der Waals surface area (Å²) in [7, 11) is 1.10. The number of aromatic nitrogens is 1. The molecule has 12 heteroatoms. The van der Waals surface area contributed by atoms with Crippen LogP contribution in [-0.4, -0.2) is 59.3 Å². The number of hydrogen-bond acceptors (Lipinski definition) is 9. The number of aliphatic hydroxyl groups is 1. The van der Waals surface area contributed by atoms with Gasteiger partial charge in [0.25, 0.3) is 11.8 Å². The molecule has 1 heterocycles. The fraction of sp³-hybridized carbons (Fsp3) is 0.318. The second-order valence-electron chi connectivity index (χ2n) is 7.91. The van der Waals surface area contributed by atoms with Gasteiger partial charge in [0, 0.05) is 11.3 Å². The maximum absolute atomic E-state index is 12.4. The minimum Gasteiger partial charge on any atom is -0.467 e. The molecule has 0 aliphatic carbocycles. The van der Waals surface area contributed by atoms with Crippen molar-refractivity contribution < 1.29 is 38.2 Å². The van der Waals surface area contributed by atoms with Crippen LogP contribution in [0, 0.1) is 0 Å². The molecular weight excluding hydrogens is 448 g/mol.